The minimum absolute atomic E-state index is 0.102. The monoisotopic (exact) mass is 418 g/mol. The van der Waals surface area contributed by atoms with Gasteiger partial charge in [-0.05, 0) is 24.3 Å². The van der Waals surface area contributed by atoms with E-state index in [1.54, 1.807) is 47.6 Å². The molecule has 0 spiro atoms. The summed E-state index contributed by atoms with van der Waals surface area (Å²) in [5.41, 5.74) is 1.07. The molecule has 0 bridgehead atoms. The Morgan fingerprint density at radius 3 is 2.38 bits per heavy atom. The third-order valence-electron chi connectivity index (χ3n) is 4.28. The molecule has 0 saturated heterocycles. The van der Waals surface area contributed by atoms with E-state index in [0.29, 0.717) is 10.7 Å². The van der Waals surface area contributed by atoms with Crippen LogP contribution in [0.5, 0.6) is 0 Å². The van der Waals surface area contributed by atoms with E-state index in [4.69, 9.17) is 0 Å². The van der Waals surface area contributed by atoms with Gasteiger partial charge in [0.2, 0.25) is 0 Å². The predicted octanol–water partition coefficient (Wildman–Crippen LogP) is 3.48. The molecule has 148 valence electrons. The van der Waals surface area contributed by atoms with Crippen molar-refractivity contribution in [3.63, 3.8) is 0 Å². The van der Waals surface area contributed by atoms with Crippen LogP contribution in [0.4, 0.5) is 24.5 Å². The average molecular weight is 418 g/mol. The molecule has 6 nitrogen and oxygen atoms in total. The zero-order valence-electron chi connectivity index (χ0n) is 14.9. The number of alkyl halides is 3. The number of halogens is 3. The number of nitrogens with one attached hydrogen (secondary N) is 1. The van der Waals surface area contributed by atoms with E-state index in [0.717, 1.165) is 15.6 Å². The van der Waals surface area contributed by atoms with E-state index < -0.39 is 23.8 Å². The second-order valence-corrected chi connectivity index (χ2v) is 7.19. The van der Waals surface area contributed by atoms with Crippen LogP contribution in [-0.4, -0.2) is 30.9 Å². The lowest BCUT2D eigenvalue weighted by atomic mass is 10.2. The fourth-order valence-electron chi connectivity index (χ4n) is 2.93. The van der Waals surface area contributed by atoms with Crippen molar-refractivity contribution < 1.29 is 22.8 Å². The number of rotatable bonds is 1. The Morgan fingerprint density at radius 2 is 1.72 bits per heavy atom. The molecule has 2 aliphatic rings. The van der Waals surface area contributed by atoms with Crippen molar-refractivity contribution in [3.05, 3.63) is 65.2 Å². The molecule has 2 aromatic rings. The van der Waals surface area contributed by atoms with Gasteiger partial charge in [-0.1, -0.05) is 42.1 Å². The number of benzene rings is 2. The quantitative estimate of drug-likeness (QED) is 0.721. The van der Waals surface area contributed by atoms with E-state index >= 15 is 0 Å². The third kappa shape index (κ3) is 3.35. The molecule has 0 unspecified atom stereocenters. The normalized spacial score (nSPS) is 18.8. The Labute approximate surface area is 167 Å². The van der Waals surface area contributed by atoms with E-state index in [1.807, 2.05) is 24.3 Å². The van der Waals surface area contributed by atoms with Crippen molar-refractivity contribution in [1.29, 1.82) is 0 Å². The van der Waals surface area contributed by atoms with Crippen LogP contribution in [0.15, 0.2) is 75.2 Å². The topological polar surface area (TPSA) is 65.0 Å². The van der Waals surface area contributed by atoms with Gasteiger partial charge >= 0.3 is 12.1 Å². The Kier molecular flexibility index (Phi) is 4.58. The maximum atomic E-state index is 13.1. The number of carbonyl (C=O) groups is 2. The SMILES string of the molecule is CN1/C(=C2/C(=O)N(c3ccccc3)N=C2NC(=O)C(F)(F)F)Sc2ccccc21. The van der Waals surface area contributed by atoms with Crippen molar-refractivity contribution in [3.8, 4) is 0 Å². The van der Waals surface area contributed by atoms with Crippen LogP contribution in [0.1, 0.15) is 0 Å². The van der Waals surface area contributed by atoms with E-state index in [1.165, 1.54) is 11.8 Å². The average Bonchev–Trinajstić information content (AvgIpc) is 3.19. The first kappa shape index (κ1) is 19.1. The van der Waals surface area contributed by atoms with Crippen LogP contribution in [-0.2, 0) is 9.59 Å². The van der Waals surface area contributed by atoms with Crippen LogP contribution in [0.2, 0.25) is 0 Å². The number of hydrogen-bond acceptors (Lipinski definition) is 5. The van der Waals surface area contributed by atoms with Gasteiger partial charge in [0, 0.05) is 11.9 Å². The molecular weight excluding hydrogens is 405 g/mol. The Bertz CT molecular complexity index is 1070. The second-order valence-electron chi connectivity index (χ2n) is 6.16. The molecular formula is C19H13F3N4O2S. The first-order valence-electron chi connectivity index (χ1n) is 8.39. The van der Waals surface area contributed by atoms with Gasteiger partial charge in [-0.2, -0.15) is 18.2 Å². The summed E-state index contributed by atoms with van der Waals surface area (Å²) < 4.78 is 38.5. The Hall–Kier alpha value is -3.27. The molecule has 1 N–H and O–H groups in total. The zero-order chi connectivity index (χ0) is 20.8. The van der Waals surface area contributed by atoms with Crippen molar-refractivity contribution in [2.24, 2.45) is 5.10 Å². The fourth-order valence-corrected chi connectivity index (χ4v) is 4.11. The fraction of sp³-hybridized carbons (Fsp3) is 0.105. The zero-order valence-corrected chi connectivity index (χ0v) is 15.7. The number of nitrogens with zero attached hydrogens (tertiary/aromatic N) is 3. The number of amidine groups is 1. The second kappa shape index (κ2) is 6.96. The van der Waals surface area contributed by atoms with E-state index in [9.17, 15) is 22.8 Å². The number of anilines is 2. The van der Waals surface area contributed by atoms with Crippen LogP contribution in [0, 0.1) is 0 Å². The highest BCUT2D eigenvalue weighted by atomic mass is 32.2. The summed E-state index contributed by atoms with van der Waals surface area (Å²) in [7, 11) is 1.70. The van der Waals surface area contributed by atoms with Gasteiger partial charge in [-0.25, -0.2) is 0 Å². The number of hydrogen-bond donors (Lipinski definition) is 1. The summed E-state index contributed by atoms with van der Waals surface area (Å²) in [5.74, 6) is -3.26. The van der Waals surface area contributed by atoms with Gasteiger partial charge in [-0.3, -0.25) is 9.59 Å². The van der Waals surface area contributed by atoms with Crippen LogP contribution in [0.25, 0.3) is 0 Å². The van der Waals surface area contributed by atoms with Gasteiger partial charge in [0.05, 0.1) is 16.4 Å². The van der Waals surface area contributed by atoms with Crippen LogP contribution in [0.3, 0.4) is 0 Å². The molecule has 0 aliphatic carbocycles. The van der Waals surface area contributed by atoms with Gasteiger partial charge in [-0.15, -0.1) is 5.10 Å². The molecule has 0 atom stereocenters. The predicted molar refractivity (Wildman–Crippen MR) is 103 cm³/mol. The summed E-state index contributed by atoms with van der Waals surface area (Å²) in [6, 6.07) is 15.6. The van der Waals surface area contributed by atoms with Gasteiger partial charge in [0.1, 0.15) is 5.57 Å². The lowest BCUT2D eigenvalue weighted by Gasteiger charge is -2.17. The third-order valence-corrected chi connectivity index (χ3v) is 5.52. The first-order valence-corrected chi connectivity index (χ1v) is 9.20. The molecule has 2 aliphatic heterocycles. The van der Waals surface area contributed by atoms with Crippen molar-refractivity contribution in [2.45, 2.75) is 11.1 Å². The van der Waals surface area contributed by atoms with Gasteiger partial charge < -0.3 is 10.2 Å². The molecule has 2 aromatic carbocycles. The molecule has 4 rings (SSSR count). The largest absolute Gasteiger partial charge is 0.471 e. The first-order chi connectivity index (χ1) is 13.8. The standard InChI is InChI=1S/C19H13F3N4O2S/c1-25-12-9-5-6-10-13(12)29-17(25)14-15(23-18(28)19(20,21)22)24-26(16(14)27)11-7-3-2-4-8-11/h2-10H,1H3,(H,23,24,28)/b17-14-. The lowest BCUT2D eigenvalue weighted by molar-refractivity contribution is -0.171. The molecule has 0 radical (unpaired) electrons. The van der Waals surface area contributed by atoms with E-state index in [-0.39, 0.29) is 5.57 Å². The Morgan fingerprint density at radius 1 is 1.07 bits per heavy atom. The number of carbonyl (C=O) groups excluding carboxylic acids is 2. The van der Waals surface area contributed by atoms with Gasteiger partial charge in [0.25, 0.3) is 5.91 Å². The molecule has 2 amide bonds. The highest BCUT2D eigenvalue weighted by Gasteiger charge is 2.44. The van der Waals surface area contributed by atoms with Crippen molar-refractivity contribution >= 4 is 40.8 Å². The minimum Gasteiger partial charge on any atom is -0.337 e. The molecule has 0 saturated carbocycles. The highest BCUT2D eigenvalue weighted by molar-refractivity contribution is 8.03. The lowest BCUT2D eigenvalue weighted by Crippen LogP contribution is -2.41. The van der Waals surface area contributed by atoms with Crippen LogP contribution >= 0.6 is 11.8 Å². The summed E-state index contributed by atoms with van der Waals surface area (Å²) in [4.78, 5) is 27.2. The molecule has 0 aromatic heterocycles. The van der Waals surface area contributed by atoms with Gasteiger partial charge in [0.15, 0.2) is 5.84 Å². The number of thioether (sulfide) groups is 1. The van der Waals surface area contributed by atoms with Crippen molar-refractivity contribution in [2.75, 3.05) is 17.0 Å². The van der Waals surface area contributed by atoms with Crippen molar-refractivity contribution in [1.82, 2.24) is 5.32 Å². The summed E-state index contributed by atoms with van der Waals surface area (Å²) in [6.45, 7) is 0. The maximum absolute atomic E-state index is 13.1. The highest BCUT2D eigenvalue weighted by Crippen LogP contribution is 2.47. The maximum Gasteiger partial charge on any atom is 0.471 e. The molecule has 10 heteroatoms. The van der Waals surface area contributed by atoms with Crippen LogP contribution < -0.4 is 15.2 Å². The minimum atomic E-state index is -5.11. The summed E-state index contributed by atoms with van der Waals surface area (Å²) in [5, 5.41) is 7.10. The molecule has 29 heavy (non-hydrogen) atoms. The number of hydrazone groups is 1. The van der Waals surface area contributed by atoms with E-state index in [2.05, 4.69) is 5.10 Å². The smallest absolute Gasteiger partial charge is 0.337 e. The summed E-state index contributed by atoms with van der Waals surface area (Å²) in [6.07, 6.45) is -5.11. The number of fused-ring (bicyclic) bond motifs is 1. The summed E-state index contributed by atoms with van der Waals surface area (Å²) >= 11 is 1.23. The molecule has 2 heterocycles. The molecule has 0 fully saturated rings. The number of para-hydroxylation sites is 2. The number of amides is 2. The Balaban J connectivity index is 1.80.